The third-order valence-corrected chi connectivity index (χ3v) is 2.46. The smallest absolute Gasteiger partial charge is 0.128 e. The van der Waals surface area contributed by atoms with Crippen molar-refractivity contribution < 1.29 is 5.11 Å². The minimum Gasteiger partial charge on any atom is -0.395 e. The lowest BCUT2D eigenvalue weighted by Gasteiger charge is -2.22. The number of aliphatic hydroxyl groups is 1. The topological polar surface area (TPSA) is 62.4 Å². The molecule has 0 saturated heterocycles. The van der Waals surface area contributed by atoms with E-state index in [9.17, 15) is 0 Å². The van der Waals surface area contributed by atoms with Crippen LogP contribution >= 0.6 is 12.2 Å². The van der Waals surface area contributed by atoms with E-state index in [1.807, 2.05) is 17.0 Å². The Labute approximate surface area is 101 Å². The number of nitrogens with two attached hydrogens (primary N) is 1. The molecular formula is C11H17N3OS. The number of rotatable bonds is 6. The van der Waals surface area contributed by atoms with Gasteiger partial charge >= 0.3 is 0 Å². The molecule has 5 heteroatoms. The van der Waals surface area contributed by atoms with E-state index in [4.69, 9.17) is 23.1 Å². The van der Waals surface area contributed by atoms with Crippen molar-refractivity contribution in [2.24, 2.45) is 5.73 Å². The fraction of sp³-hybridized carbons (Fsp3) is 0.455. The first-order chi connectivity index (χ1) is 7.69. The molecule has 0 saturated carbocycles. The Balaban J connectivity index is 2.80. The van der Waals surface area contributed by atoms with E-state index >= 15 is 0 Å². The quantitative estimate of drug-likeness (QED) is 0.723. The second-order valence-electron chi connectivity index (χ2n) is 3.48. The molecule has 0 aliphatic carbocycles. The molecule has 0 aromatic carbocycles. The summed E-state index contributed by atoms with van der Waals surface area (Å²) in [6, 6.07) is 3.73. The van der Waals surface area contributed by atoms with Gasteiger partial charge in [0.15, 0.2) is 0 Å². The summed E-state index contributed by atoms with van der Waals surface area (Å²) >= 11 is 4.86. The summed E-state index contributed by atoms with van der Waals surface area (Å²) in [5.41, 5.74) is 6.26. The van der Waals surface area contributed by atoms with Gasteiger partial charge in [-0.15, -0.1) is 0 Å². The van der Waals surface area contributed by atoms with Crippen LogP contribution in [0, 0.1) is 0 Å². The maximum atomic E-state index is 8.96. The Kier molecular flexibility index (Phi) is 5.14. The fourth-order valence-electron chi connectivity index (χ4n) is 1.45. The standard InChI is InChI=1S/C11H17N3OS/c1-2-5-14(6-7-15)10-4-3-9(8-13-10)11(12)16/h3-4,8,15H,2,5-7H2,1H3,(H2,12,16). The first kappa shape index (κ1) is 12.9. The Morgan fingerprint density at radius 1 is 1.50 bits per heavy atom. The lowest BCUT2D eigenvalue weighted by Crippen LogP contribution is -2.28. The molecule has 1 heterocycles. The van der Waals surface area contributed by atoms with E-state index in [-0.39, 0.29) is 6.61 Å². The van der Waals surface area contributed by atoms with Crippen LogP contribution in [0.15, 0.2) is 18.3 Å². The van der Waals surface area contributed by atoms with Gasteiger partial charge in [-0.1, -0.05) is 19.1 Å². The first-order valence-corrected chi connectivity index (χ1v) is 5.71. The van der Waals surface area contributed by atoms with Crippen molar-refractivity contribution in [3.05, 3.63) is 23.9 Å². The second-order valence-corrected chi connectivity index (χ2v) is 3.92. The van der Waals surface area contributed by atoms with Gasteiger partial charge in [-0.2, -0.15) is 0 Å². The van der Waals surface area contributed by atoms with Gasteiger partial charge in [0, 0.05) is 24.8 Å². The van der Waals surface area contributed by atoms with Crippen LogP contribution in [-0.2, 0) is 0 Å². The molecule has 88 valence electrons. The molecule has 1 aromatic rings. The van der Waals surface area contributed by atoms with Crippen molar-refractivity contribution in [3.63, 3.8) is 0 Å². The fourth-order valence-corrected chi connectivity index (χ4v) is 1.57. The Bertz CT molecular complexity index is 334. The maximum Gasteiger partial charge on any atom is 0.128 e. The highest BCUT2D eigenvalue weighted by Crippen LogP contribution is 2.11. The highest BCUT2D eigenvalue weighted by Gasteiger charge is 2.06. The van der Waals surface area contributed by atoms with Crippen molar-refractivity contribution in [1.29, 1.82) is 0 Å². The molecule has 0 aliphatic rings. The number of hydrogen-bond donors (Lipinski definition) is 2. The molecule has 0 amide bonds. The van der Waals surface area contributed by atoms with Crippen LogP contribution < -0.4 is 10.6 Å². The molecule has 0 atom stereocenters. The zero-order chi connectivity index (χ0) is 12.0. The van der Waals surface area contributed by atoms with E-state index in [1.54, 1.807) is 6.20 Å². The highest BCUT2D eigenvalue weighted by atomic mass is 32.1. The number of aliphatic hydroxyl groups excluding tert-OH is 1. The van der Waals surface area contributed by atoms with E-state index < -0.39 is 0 Å². The number of hydrogen-bond acceptors (Lipinski definition) is 4. The maximum absolute atomic E-state index is 8.96. The Hall–Kier alpha value is -1.20. The normalized spacial score (nSPS) is 10.1. The molecule has 1 rings (SSSR count). The van der Waals surface area contributed by atoms with Crippen molar-refractivity contribution in [2.75, 3.05) is 24.6 Å². The van der Waals surface area contributed by atoms with Crippen LogP contribution in [-0.4, -0.2) is 34.8 Å². The Morgan fingerprint density at radius 2 is 2.25 bits per heavy atom. The van der Waals surface area contributed by atoms with Gasteiger partial charge in [0.05, 0.1) is 6.61 Å². The van der Waals surface area contributed by atoms with Crippen molar-refractivity contribution in [3.8, 4) is 0 Å². The van der Waals surface area contributed by atoms with Crippen LogP contribution in [0.1, 0.15) is 18.9 Å². The minimum atomic E-state index is 0.124. The Morgan fingerprint density at radius 3 is 2.69 bits per heavy atom. The molecule has 1 aromatic heterocycles. The van der Waals surface area contributed by atoms with Gasteiger partial charge in [-0.3, -0.25) is 0 Å². The molecule has 0 fully saturated rings. The average molecular weight is 239 g/mol. The summed E-state index contributed by atoms with van der Waals surface area (Å²) in [7, 11) is 0. The van der Waals surface area contributed by atoms with Crippen LogP contribution in [0.5, 0.6) is 0 Å². The largest absolute Gasteiger partial charge is 0.395 e. The van der Waals surface area contributed by atoms with Gasteiger partial charge in [0.2, 0.25) is 0 Å². The number of pyridine rings is 1. The summed E-state index contributed by atoms with van der Waals surface area (Å²) in [5.74, 6) is 0.843. The van der Waals surface area contributed by atoms with Gasteiger partial charge in [-0.25, -0.2) is 4.98 Å². The van der Waals surface area contributed by atoms with Crippen molar-refractivity contribution in [2.45, 2.75) is 13.3 Å². The molecule has 0 aliphatic heterocycles. The van der Waals surface area contributed by atoms with E-state index in [0.717, 1.165) is 24.3 Å². The summed E-state index contributed by atoms with van der Waals surface area (Å²) in [4.78, 5) is 6.67. The van der Waals surface area contributed by atoms with Crippen LogP contribution in [0.25, 0.3) is 0 Å². The lowest BCUT2D eigenvalue weighted by atomic mass is 10.2. The summed E-state index contributed by atoms with van der Waals surface area (Å²) in [5, 5.41) is 8.96. The minimum absolute atomic E-state index is 0.124. The molecule has 16 heavy (non-hydrogen) atoms. The SMILES string of the molecule is CCCN(CCO)c1ccc(C(N)=S)cn1. The second kappa shape index (κ2) is 6.40. The molecule has 4 nitrogen and oxygen atoms in total. The zero-order valence-electron chi connectivity index (χ0n) is 9.39. The third-order valence-electron chi connectivity index (χ3n) is 2.22. The summed E-state index contributed by atoms with van der Waals surface area (Å²) in [6.45, 7) is 3.68. The van der Waals surface area contributed by atoms with Gasteiger partial charge in [0.1, 0.15) is 10.8 Å². The highest BCUT2D eigenvalue weighted by molar-refractivity contribution is 7.80. The van der Waals surface area contributed by atoms with Crippen molar-refractivity contribution >= 4 is 23.0 Å². The number of aromatic nitrogens is 1. The van der Waals surface area contributed by atoms with Gasteiger partial charge in [0.25, 0.3) is 0 Å². The van der Waals surface area contributed by atoms with Gasteiger partial charge in [-0.05, 0) is 18.6 Å². The molecule has 0 spiro atoms. The monoisotopic (exact) mass is 239 g/mol. The van der Waals surface area contributed by atoms with E-state index in [1.165, 1.54) is 0 Å². The van der Waals surface area contributed by atoms with Crippen LogP contribution in [0.4, 0.5) is 5.82 Å². The zero-order valence-corrected chi connectivity index (χ0v) is 10.2. The number of anilines is 1. The van der Waals surface area contributed by atoms with Crippen LogP contribution in [0.3, 0.4) is 0 Å². The number of nitrogens with zero attached hydrogens (tertiary/aromatic N) is 2. The summed E-state index contributed by atoms with van der Waals surface area (Å²) in [6.07, 6.45) is 2.68. The lowest BCUT2D eigenvalue weighted by molar-refractivity contribution is 0.301. The van der Waals surface area contributed by atoms with E-state index in [2.05, 4.69) is 11.9 Å². The molecular weight excluding hydrogens is 222 g/mol. The summed E-state index contributed by atoms with van der Waals surface area (Å²) < 4.78 is 0. The number of thiocarbonyl (C=S) groups is 1. The predicted octanol–water partition coefficient (Wildman–Crippen LogP) is 0.925. The predicted molar refractivity (Wildman–Crippen MR) is 69.7 cm³/mol. The van der Waals surface area contributed by atoms with Gasteiger partial charge < -0.3 is 15.7 Å². The van der Waals surface area contributed by atoms with E-state index in [0.29, 0.717) is 11.5 Å². The molecule has 0 bridgehead atoms. The molecule has 3 N–H and O–H groups in total. The third kappa shape index (κ3) is 3.43. The van der Waals surface area contributed by atoms with Crippen LogP contribution in [0.2, 0.25) is 0 Å². The first-order valence-electron chi connectivity index (χ1n) is 5.30. The average Bonchev–Trinajstić information content (AvgIpc) is 2.29. The molecule has 0 radical (unpaired) electrons. The molecule has 0 unspecified atom stereocenters. The van der Waals surface area contributed by atoms with Crippen molar-refractivity contribution in [1.82, 2.24) is 4.98 Å².